The zero-order valence-electron chi connectivity index (χ0n) is 10.4. The number of carboxylic acid groups (broad SMARTS) is 2. The summed E-state index contributed by atoms with van der Waals surface area (Å²) in [4.78, 5) is 25.5. The second kappa shape index (κ2) is 6.85. The summed E-state index contributed by atoms with van der Waals surface area (Å²) in [5, 5.41) is 18.2. The highest BCUT2D eigenvalue weighted by Crippen LogP contribution is 1.90. The van der Waals surface area contributed by atoms with Crippen molar-refractivity contribution in [1.29, 1.82) is 0 Å². The van der Waals surface area contributed by atoms with Crippen molar-refractivity contribution in [2.75, 3.05) is 47.3 Å². The van der Waals surface area contributed by atoms with Crippen LogP contribution in [0.4, 0.5) is 0 Å². The zero-order valence-corrected chi connectivity index (χ0v) is 10.4. The first-order valence-corrected chi connectivity index (χ1v) is 5.17. The van der Waals surface area contributed by atoms with Gasteiger partial charge in [0.2, 0.25) is 0 Å². The number of nitrogens with zero attached hydrogens (tertiary/aromatic N) is 3. The smallest absolute Gasteiger partial charge is 0.323 e. The monoisotopic (exact) mass is 245 g/mol. The summed E-state index contributed by atoms with van der Waals surface area (Å²) < 4.78 is 0.419. The topological polar surface area (TPSA) is 93.0 Å². The summed E-state index contributed by atoms with van der Waals surface area (Å²) in [5.74, 6) is -1.80. The van der Waals surface area contributed by atoms with Crippen LogP contribution in [0.25, 0.3) is 0 Å². The summed E-state index contributed by atoms with van der Waals surface area (Å²) >= 11 is 0. The number of carbonyl (C=O) groups excluding carboxylic acids is 1. The Morgan fingerprint density at radius 2 is 2.06 bits per heavy atom. The largest absolute Gasteiger partial charge is 0.544 e. The minimum absolute atomic E-state index is 0.0694. The summed E-state index contributed by atoms with van der Waals surface area (Å²) in [7, 11) is 5.40. The molecule has 0 atom stereocenters. The molecule has 7 heteroatoms. The molecular weight excluding hydrogens is 226 g/mol. The Labute approximate surface area is 101 Å². The maximum absolute atomic E-state index is 10.1. The predicted octanol–water partition coefficient (Wildman–Crippen LogP) is -2.14. The molecule has 1 N–H and O–H groups in total. The van der Waals surface area contributed by atoms with Crippen LogP contribution < -0.4 is 5.11 Å². The van der Waals surface area contributed by atoms with Crippen LogP contribution in [-0.2, 0) is 9.59 Å². The molecule has 1 aliphatic rings. The van der Waals surface area contributed by atoms with Gasteiger partial charge in [0.1, 0.15) is 13.1 Å². The van der Waals surface area contributed by atoms with Crippen LogP contribution in [0.3, 0.4) is 0 Å². The summed E-state index contributed by atoms with van der Waals surface area (Å²) in [5.41, 5.74) is 0. The van der Waals surface area contributed by atoms with E-state index in [0.717, 1.165) is 13.1 Å². The summed E-state index contributed by atoms with van der Waals surface area (Å²) in [6.45, 7) is 1.61. The van der Waals surface area contributed by atoms with E-state index in [1.807, 2.05) is 0 Å². The maximum atomic E-state index is 10.1. The van der Waals surface area contributed by atoms with Gasteiger partial charge in [-0.15, -0.1) is 0 Å². The molecule has 7 nitrogen and oxygen atoms in total. The van der Waals surface area contributed by atoms with Gasteiger partial charge in [0.25, 0.3) is 0 Å². The van der Waals surface area contributed by atoms with Crippen molar-refractivity contribution < 1.29 is 24.3 Å². The van der Waals surface area contributed by atoms with Gasteiger partial charge in [0, 0.05) is 6.54 Å². The van der Waals surface area contributed by atoms with Crippen molar-refractivity contribution in [3.8, 4) is 0 Å². The predicted molar refractivity (Wildman–Crippen MR) is 60.5 cm³/mol. The van der Waals surface area contributed by atoms with Gasteiger partial charge in [0.05, 0.1) is 40.0 Å². The highest BCUT2D eigenvalue weighted by Gasteiger charge is 2.07. The lowest BCUT2D eigenvalue weighted by Crippen LogP contribution is -2.45. The van der Waals surface area contributed by atoms with E-state index in [0.29, 0.717) is 4.48 Å². The lowest BCUT2D eigenvalue weighted by molar-refractivity contribution is -0.864. The number of hydrogen-bond acceptors (Lipinski definition) is 5. The number of aliphatic carboxylic acids is 2. The zero-order chi connectivity index (χ0) is 13.5. The molecule has 1 aliphatic heterocycles. The number of carboxylic acids is 2. The molecule has 1 heterocycles. The van der Waals surface area contributed by atoms with Crippen LogP contribution in [-0.4, -0.2) is 80.1 Å². The molecule has 0 bridgehead atoms. The van der Waals surface area contributed by atoms with Gasteiger partial charge in [-0.2, -0.15) is 0 Å². The molecule has 0 aromatic heterocycles. The average molecular weight is 245 g/mol. The molecule has 0 saturated heterocycles. The SMILES string of the molecule is C[N+](C)(C)CC(=O)[O-].O=C(O)CN1C=NCC1. The fourth-order valence-electron chi connectivity index (χ4n) is 1.10. The van der Waals surface area contributed by atoms with Crippen LogP contribution >= 0.6 is 0 Å². The van der Waals surface area contributed by atoms with Crippen molar-refractivity contribution in [3.05, 3.63) is 0 Å². The van der Waals surface area contributed by atoms with Crippen molar-refractivity contribution in [2.24, 2.45) is 4.99 Å². The minimum Gasteiger partial charge on any atom is -0.544 e. The minimum atomic E-state index is -1.00. The molecule has 0 radical (unpaired) electrons. The van der Waals surface area contributed by atoms with Crippen molar-refractivity contribution in [2.45, 2.75) is 0 Å². The van der Waals surface area contributed by atoms with Crippen LogP contribution in [0, 0.1) is 0 Å². The third-order valence-corrected chi connectivity index (χ3v) is 1.70. The Morgan fingerprint density at radius 3 is 2.29 bits per heavy atom. The molecule has 0 amide bonds. The Kier molecular flexibility index (Phi) is 6.19. The number of likely N-dealkylation sites (N-methyl/N-ethyl adjacent to an activating group) is 1. The molecule has 17 heavy (non-hydrogen) atoms. The van der Waals surface area contributed by atoms with Crippen molar-refractivity contribution in [1.82, 2.24) is 4.90 Å². The Bertz CT molecular complexity index is 296. The number of quaternary nitrogens is 1. The molecule has 0 spiro atoms. The number of rotatable bonds is 4. The fourth-order valence-corrected chi connectivity index (χ4v) is 1.10. The maximum Gasteiger partial charge on any atom is 0.323 e. The lowest BCUT2D eigenvalue weighted by atomic mass is 10.5. The quantitative estimate of drug-likeness (QED) is 0.570. The van der Waals surface area contributed by atoms with Gasteiger partial charge in [-0.3, -0.25) is 9.79 Å². The Balaban J connectivity index is 0.000000304. The van der Waals surface area contributed by atoms with Gasteiger partial charge < -0.3 is 24.4 Å². The van der Waals surface area contributed by atoms with E-state index in [2.05, 4.69) is 4.99 Å². The summed E-state index contributed by atoms with van der Waals surface area (Å²) in [6, 6.07) is 0. The molecule has 0 aromatic carbocycles. The summed E-state index contributed by atoms with van der Waals surface area (Å²) in [6.07, 6.45) is 1.58. The van der Waals surface area contributed by atoms with Gasteiger partial charge in [-0.1, -0.05) is 0 Å². The van der Waals surface area contributed by atoms with Crippen LogP contribution in [0.2, 0.25) is 0 Å². The molecular formula is C10H19N3O4. The average Bonchev–Trinajstić information content (AvgIpc) is 2.51. The fraction of sp³-hybridized carbons (Fsp3) is 0.700. The lowest BCUT2D eigenvalue weighted by Gasteiger charge is -2.23. The van der Waals surface area contributed by atoms with E-state index in [9.17, 15) is 14.7 Å². The number of hydrogen-bond donors (Lipinski definition) is 1. The van der Waals surface area contributed by atoms with Crippen LogP contribution in [0.5, 0.6) is 0 Å². The van der Waals surface area contributed by atoms with E-state index in [4.69, 9.17) is 5.11 Å². The van der Waals surface area contributed by atoms with E-state index < -0.39 is 11.9 Å². The first-order chi connectivity index (χ1) is 7.70. The highest BCUT2D eigenvalue weighted by molar-refractivity contribution is 5.73. The molecule has 1 rings (SSSR count). The first-order valence-electron chi connectivity index (χ1n) is 5.17. The molecule has 0 fully saturated rings. The van der Waals surface area contributed by atoms with Gasteiger partial charge >= 0.3 is 5.97 Å². The molecule has 0 aliphatic carbocycles. The standard InChI is InChI=1S/C5H8N2O2.C5H11NO2/c8-5(9)3-7-2-1-6-4-7;1-6(2,3)4-5(7)8/h4H,1-3H2,(H,8,9);4H2,1-3H3. The van der Waals surface area contributed by atoms with Gasteiger partial charge in [-0.05, 0) is 0 Å². The number of carbonyl (C=O) groups is 2. The van der Waals surface area contributed by atoms with Crippen LogP contribution in [0.15, 0.2) is 4.99 Å². The molecule has 0 unspecified atom stereocenters. The second-order valence-corrected chi connectivity index (χ2v) is 4.71. The molecule has 0 aromatic rings. The van der Waals surface area contributed by atoms with E-state index in [1.165, 1.54) is 0 Å². The van der Waals surface area contributed by atoms with E-state index in [1.54, 1.807) is 32.4 Å². The Morgan fingerprint density at radius 1 is 1.47 bits per heavy atom. The van der Waals surface area contributed by atoms with Crippen molar-refractivity contribution in [3.63, 3.8) is 0 Å². The third kappa shape index (κ3) is 10.6. The third-order valence-electron chi connectivity index (χ3n) is 1.70. The molecule has 0 saturated carbocycles. The molecule has 98 valence electrons. The second-order valence-electron chi connectivity index (χ2n) is 4.71. The van der Waals surface area contributed by atoms with Crippen LogP contribution in [0.1, 0.15) is 0 Å². The highest BCUT2D eigenvalue weighted by atomic mass is 16.4. The van der Waals surface area contributed by atoms with Crippen molar-refractivity contribution >= 4 is 18.3 Å². The van der Waals surface area contributed by atoms with Gasteiger partial charge in [0.15, 0.2) is 0 Å². The van der Waals surface area contributed by atoms with E-state index >= 15 is 0 Å². The first kappa shape index (κ1) is 15.4. The Hall–Kier alpha value is -1.63. The number of aliphatic imine (C=N–C) groups is 1. The normalized spacial score (nSPS) is 14.2. The van der Waals surface area contributed by atoms with E-state index in [-0.39, 0.29) is 13.1 Å². The van der Waals surface area contributed by atoms with Gasteiger partial charge in [-0.25, -0.2) is 0 Å².